The number of carboxylic acid groups (broad SMARTS) is 3. The minimum absolute atomic E-state index is 0.250. The van der Waals surface area contributed by atoms with Gasteiger partial charge in [0.25, 0.3) is 17.7 Å². The van der Waals surface area contributed by atoms with Crippen LogP contribution in [0.25, 0.3) is 0 Å². The first kappa shape index (κ1) is 21.1. The lowest BCUT2D eigenvalue weighted by Crippen LogP contribution is -2.33. The van der Waals surface area contributed by atoms with Gasteiger partial charge in [0.05, 0.1) is 0 Å². The Kier molecular flexibility index (Phi) is 7.42. The van der Waals surface area contributed by atoms with E-state index in [9.17, 15) is 28.8 Å². The Bertz CT molecular complexity index is 687. The number of carboxylic acids is 3. The smallest absolute Gasteiger partial charge is 0.322 e. The molecule has 0 saturated carbocycles. The van der Waals surface area contributed by atoms with Gasteiger partial charge in [-0.25, -0.2) is 0 Å². The zero-order chi connectivity index (χ0) is 20.6. The Labute approximate surface area is 151 Å². The first-order valence-corrected chi connectivity index (χ1v) is 7.25. The van der Waals surface area contributed by atoms with Crippen LogP contribution < -0.4 is 16.0 Å². The number of nitrogens with one attached hydrogen (secondary N) is 3. The summed E-state index contributed by atoms with van der Waals surface area (Å²) in [6.07, 6.45) is 0. The van der Waals surface area contributed by atoms with E-state index in [0.717, 1.165) is 18.2 Å². The van der Waals surface area contributed by atoms with Gasteiger partial charge in [0.2, 0.25) is 0 Å². The second-order valence-electron chi connectivity index (χ2n) is 5.03. The molecule has 1 aromatic carbocycles. The van der Waals surface area contributed by atoms with E-state index in [1.54, 1.807) is 0 Å². The molecular weight excluding hydrogens is 366 g/mol. The van der Waals surface area contributed by atoms with E-state index in [1.165, 1.54) is 0 Å². The highest BCUT2D eigenvalue weighted by Gasteiger charge is 2.17. The molecule has 27 heavy (non-hydrogen) atoms. The number of carbonyl (C=O) groups is 6. The maximum absolute atomic E-state index is 12.0. The minimum Gasteiger partial charge on any atom is -0.480 e. The third-order valence-corrected chi connectivity index (χ3v) is 2.92. The molecule has 0 heterocycles. The molecule has 3 amide bonds. The lowest BCUT2D eigenvalue weighted by molar-refractivity contribution is -0.136. The van der Waals surface area contributed by atoms with Crippen molar-refractivity contribution < 1.29 is 44.1 Å². The van der Waals surface area contributed by atoms with Gasteiger partial charge in [-0.3, -0.25) is 28.8 Å². The number of carbonyl (C=O) groups excluding carboxylic acids is 3. The van der Waals surface area contributed by atoms with Crippen molar-refractivity contribution in [2.24, 2.45) is 0 Å². The number of amides is 3. The summed E-state index contributed by atoms with van der Waals surface area (Å²) >= 11 is 0. The fourth-order valence-electron chi connectivity index (χ4n) is 1.79. The quantitative estimate of drug-likeness (QED) is 0.283. The molecule has 144 valence electrons. The second kappa shape index (κ2) is 9.50. The van der Waals surface area contributed by atoms with Crippen molar-refractivity contribution in [1.82, 2.24) is 16.0 Å². The van der Waals surface area contributed by atoms with E-state index in [1.807, 2.05) is 16.0 Å². The largest absolute Gasteiger partial charge is 0.480 e. The number of aliphatic carboxylic acids is 3. The van der Waals surface area contributed by atoms with Crippen LogP contribution >= 0.6 is 0 Å². The molecule has 0 aliphatic rings. The standard InChI is InChI=1S/C15H15N3O9/c19-10(20)4-16-13(25)7-1-8(14(26)17-5-11(21)22)3-9(2-7)15(27)18-6-12(23)24/h1-3H,4-6H2,(H,16,25)(H,17,26)(H,18,27)(H,19,20)(H,21,22)(H,23,24). The number of hydrogen-bond acceptors (Lipinski definition) is 6. The van der Waals surface area contributed by atoms with E-state index in [4.69, 9.17) is 15.3 Å². The van der Waals surface area contributed by atoms with Crippen molar-refractivity contribution >= 4 is 35.6 Å². The average molecular weight is 381 g/mol. The first-order chi connectivity index (χ1) is 12.6. The number of rotatable bonds is 9. The Balaban J connectivity index is 3.16. The normalized spacial score (nSPS) is 9.78. The molecule has 1 rings (SSSR count). The summed E-state index contributed by atoms with van der Waals surface area (Å²) in [5.41, 5.74) is -0.751. The second-order valence-corrected chi connectivity index (χ2v) is 5.03. The molecule has 0 aliphatic heterocycles. The van der Waals surface area contributed by atoms with Gasteiger partial charge < -0.3 is 31.3 Å². The number of hydrogen-bond donors (Lipinski definition) is 6. The summed E-state index contributed by atoms with van der Waals surface area (Å²) in [5.74, 6) is -6.68. The van der Waals surface area contributed by atoms with Crippen LogP contribution in [-0.4, -0.2) is 70.6 Å². The summed E-state index contributed by atoms with van der Waals surface area (Å²) in [4.78, 5) is 67.6. The highest BCUT2D eigenvalue weighted by molar-refractivity contribution is 6.05. The van der Waals surface area contributed by atoms with Crippen LogP contribution in [0.2, 0.25) is 0 Å². The van der Waals surface area contributed by atoms with Crippen LogP contribution in [0.4, 0.5) is 0 Å². The molecule has 0 aliphatic carbocycles. The van der Waals surface area contributed by atoms with Crippen molar-refractivity contribution in [2.45, 2.75) is 0 Å². The van der Waals surface area contributed by atoms with Crippen LogP contribution in [0.5, 0.6) is 0 Å². The molecule has 1 aromatic rings. The Morgan fingerprint density at radius 3 is 0.963 bits per heavy atom. The van der Waals surface area contributed by atoms with Crippen molar-refractivity contribution in [1.29, 1.82) is 0 Å². The Morgan fingerprint density at radius 1 is 0.556 bits per heavy atom. The summed E-state index contributed by atoms with van der Waals surface area (Å²) in [6, 6.07) is 3.09. The van der Waals surface area contributed by atoms with Gasteiger partial charge >= 0.3 is 17.9 Å². The number of benzene rings is 1. The summed E-state index contributed by atoms with van der Waals surface area (Å²) in [7, 11) is 0. The van der Waals surface area contributed by atoms with Crippen molar-refractivity contribution in [3.63, 3.8) is 0 Å². The average Bonchev–Trinajstić information content (AvgIpc) is 2.61. The maximum atomic E-state index is 12.0. The molecule has 6 N–H and O–H groups in total. The Hall–Kier alpha value is -3.96. The molecule has 0 spiro atoms. The van der Waals surface area contributed by atoms with E-state index in [2.05, 4.69) is 0 Å². The molecule has 0 radical (unpaired) electrons. The summed E-state index contributed by atoms with van der Waals surface area (Å²) in [5, 5.41) is 31.9. The lowest BCUT2D eigenvalue weighted by atomic mass is 10.0. The van der Waals surface area contributed by atoms with E-state index in [0.29, 0.717) is 0 Å². The van der Waals surface area contributed by atoms with Gasteiger partial charge in [-0.05, 0) is 18.2 Å². The Morgan fingerprint density at radius 2 is 0.778 bits per heavy atom. The van der Waals surface area contributed by atoms with Crippen molar-refractivity contribution in [2.75, 3.05) is 19.6 Å². The molecule has 0 atom stereocenters. The predicted octanol–water partition coefficient (Wildman–Crippen LogP) is -1.87. The highest BCUT2D eigenvalue weighted by atomic mass is 16.4. The molecular formula is C15H15N3O9. The summed E-state index contributed by atoms with van der Waals surface area (Å²) in [6.45, 7) is -2.14. The third kappa shape index (κ3) is 7.21. The van der Waals surface area contributed by atoms with Crippen LogP contribution in [-0.2, 0) is 14.4 Å². The van der Waals surface area contributed by atoms with Crippen LogP contribution in [0.1, 0.15) is 31.1 Å². The lowest BCUT2D eigenvalue weighted by Gasteiger charge is -2.10. The minimum atomic E-state index is -1.32. The van der Waals surface area contributed by atoms with E-state index in [-0.39, 0.29) is 16.7 Å². The van der Waals surface area contributed by atoms with Crippen LogP contribution in [0.15, 0.2) is 18.2 Å². The SMILES string of the molecule is O=C(O)CNC(=O)c1cc(C(=O)NCC(=O)O)cc(C(=O)NCC(=O)O)c1. The fraction of sp³-hybridized carbons (Fsp3) is 0.200. The molecule has 0 aromatic heterocycles. The van der Waals surface area contributed by atoms with Gasteiger partial charge in [-0.15, -0.1) is 0 Å². The highest BCUT2D eigenvalue weighted by Crippen LogP contribution is 2.11. The van der Waals surface area contributed by atoms with Crippen LogP contribution in [0, 0.1) is 0 Å². The van der Waals surface area contributed by atoms with Crippen LogP contribution in [0.3, 0.4) is 0 Å². The monoisotopic (exact) mass is 381 g/mol. The van der Waals surface area contributed by atoms with E-state index < -0.39 is 55.3 Å². The van der Waals surface area contributed by atoms with Gasteiger partial charge in [0.1, 0.15) is 19.6 Å². The first-order valence-electron chi connectivity index (χ1n) is 7.25. The zero-order valence-corrected chi connectivity index (χ0v) is 13.6. The molecule has 0 saturated heterocycles. The van der Waals surface area contributed by atoms with Gasteiger partial charge in [0, 0.05) is 16.7 Å². The molecule has 12 heteroatoms. The molecule has 0 unspecified atom stereocenters. The van der Waals surface area contributed by atoms with Crippen molar-refractivity contribution in [3.8, 4) is 0 Å². The zero-order valence-electron chi connectivity index (χ0n) is 13.6. The fourth-order valence-corrected chi connectivity index (χ4v) is 1.79. The van der Waals surface area contributed by atoms with Crippen molar-refractivity contribution in [3.05, 3.63) is 34.9 Å². The molecule has 0 fully saturated rings. The molecule has 12 nitrogen and oxygen atoms in total. The van der Waals surface area contributed by atoms with E-state index >= 15 is 0 Å². The van der Waals surface area contributed by atoms with Gasteiger partial charge in [-0.2, -0.15) is 0 Å². The predicted molar refractivity (Wildman–Crippen MR) is 86.3 cm³/mol. The van der Waals surface area contributed by atoms with Gasteiger partial charge in [0.15, 0.2) is 0 Å². The topological polar surface area (TPSA) is 199 Å². The molecule has 0 bridgehead atoms. The summed E-state index contributed by atoms with van der Waals surface area (Å²) < 4.78 is 0. The third-order valence-electron chi connectivity index (χ3n) is 2.92. The maximum Gasteiger partial charge on any atom is 0.322 e. The van der Waals surface area contributed by atoms with Gasteiger partial charge in [-0.1, -0.05) is 0 Å².